The second-order valence-electron chi connectivity index (χ2n) is 4.15. The summed E-state index contributed by atoms with van der Waals surface area (Å²) in [5.74, 6) is -0.893. The SMILES string of the molecule is CCCn1nncc1C(=O)c1ccc(C)cc1F. The van der Waals surface area contributed by atoms with Gasteiger partial charge in [-0.2, -0.15) is 0 Å². The third kappa shape index (κ3) is 2.30. The highest BCUT2D eigenvalue weighted by atomic mass is 19.1. The number of halogens is 1. The molecule has 1 aromatic heterocycles. The molecule has 5 heteroatoms. The van der Waals surface area contributed by atoms with Crippen molar-refractivity contribution in [2.24, 2.45) is 0 Å². The van der Waals surface area contributed by atoms with Crippen LogP contribution in [0.3, 0.4) is 0 Å². The van der Waals surface area contributed by atoms with E-state index in [2.05, 4.69) is 10.3 Å². The van der Waals surface area contributed by atoms with E-state index < -0.39 is 5.82 Å². The first-order chi connectivity index (χ1) is 8.63. The van der Waals surface area contributed by atoms with E-state index in [1.807, 2.05) is 6.92 Å². The lowest BCUT2D eigenvalue weighted by molar-refractivity contribution is 0.102. The average molecular weight is 247 g/mol. The summed E-state index contributed by atoms with van der Waals surface area (Å²) in [6, 6.07) is 4.56. The van der Waals surface area contributed by atoms with Gasteiger partial charge in [0.15, 0.2) is 0 Å². The first kappa shape index (κ1) is 12.4. The number of carbonyl (C=O) groups is 1. The molecule has 94 valence electrons. The highest BCUT2D eigenvalue weighted by Crippen LogP contribution is 2.14. The number of rotatable bonds is 4. The zero-order valence-corrected chi connectivity index (χ0v) is 10.4. The smallest absolute Gasteiger partial charge is 0.215 e. The molecule has 0 fully saturated rings. The van der Waals surface area contributed by atoms with Crippen molar-refractivity contribution in [1.29, 1.82) is 0 Å². The zero-order chi connectivity index (χ0) is 13.1. The minimum atomic E-state index is -0.510. The summed E-state index contributed by atoms with van der Waals surface area (Å²) < 4.78 is 15.2. The number of hydrogen-bond acceptors (Lipinski definition) is 3. The van der Waals surface area contributed by atoms with E-state index in [-0.39, 0.29) is 11.3 Å². The van der Waals surface area contributed by atoms with Crippen molar-refractivity contribution in [3.05, 3.63) is 47.0 Å². The summed E-state index contributed by atoms with van der Waals surface area (Å²) in [5, 5.41) is 7.53. The predicted molar refractivity (Wildman–Crippen MR) is 64.9 cm³/mol. The molecule has 2 aromatic rings. The first-order valence-corrected chi connectivity index (χ1v) is 5.82. The van der Waals surface area contributed by atoms with Gasteiger partial charge in [-0.25, -0.2) is 9.07 Å². The van der Waals surface area contributed by atoms with Gasteiger partial charge < -0.3 is 0 Å². The molecule has 0 radical (unpaired) electrons. The lowest BCUT2D eigenvalue weighted by Gasteiger charge is -2.05. The van der Waals surface area contributed by atoms with Crippen LogP contribution in [0.15, 0.2) is 24.4 Å². The summed E-state index contributed by atoms with van der Waals surface area (Å²) >= 11 is 0. The molecule has 0 saturated heterocycles. The lowest BCUT2D eigenvalue weighted by atomic mass is 10.1. The van der Waals surface area contributed by atoms with Crippen LogP contribution in [-0.2, 0) is 6.54 Å². The Hall–Kier alpha value is -2.04. The van der Waals surface area contributed by atoms with Crippen LogP contribution in [0.1, 0.15) is 35.0 Å². The fourth-order valence-corrected chi connectivity index (χ4v) is 1.75. The van der Waals surface area contributed by atoms with Crippen molar-refractivity contribution in [1.82, 2.24) is 15.0 Å². The number of aromatic nitrogens is 3. The highest BCUT2D eigenvalue weighted by Gasteiger charge is 2.18. The van der Waals surface area contributed by atoms with E-state index in [1.54, 1.807) is 13.0 Å². The van der Waals surface area contributed by atoms with Crippen LogP contribution >= 0.6 is 0 Å². The summed E-state index contributed by atoms with van der Waals surface area (Å²) in [6.07, 6.45) is 2.21. The van der Waals surface area contributed by atoms with Gasteiger partial charge in [0.2, 0.25) is 5.78 Å². The molecular formula is C13H14FN3O. The quantitative estimate of drug-likeness (QED) is 0.779. The maximum Gasteiger partial charge on any atom is 0.215 e. The Balaban J connectivity index is 2.38. The molecular weight excluding hydrogens is 233 g/mol. The van der Waals surface area contributed by atoms with Crippen LogP contribution in [0.5, 0.6) is 0 Å². The Kier molecular flexibility index (Phi) is 3.50. The molecule has 0 N–H and O–H groups in total. The van der Waals surface area contributed by atoms with E-state index in [9.17, 15) is 9.18 Å². The topological polar surface area (TPSA) is 47.8 Å². The van der Waals surface area contributed by atoms with Crippen molar-refractivity contribution >= 4 is 5.78 Å². The van der Waals surface area contributed by atoms with Crippen molar-refractivity contribution in [2.75, 3.05) is 0 Å². The van der Waals surface area contributed by atoms with E-state index in [0.717, 1.165) is 12.0 Å². The number of carbonyl (C=O) groups excluding carboxylic acids is 1. The monoisotopic (exact) mass is 247 g/mol. The Morgan fingerprint density at radius 1 is 1.44 bits per heavy atom. The molecule has 0 aliphatic carbocycles. The molecule has 0 amide bonds. The molecule has 2 rings (SSSR count). The number of benzene rings is 1. The van der Waals surface area contributed by atoms with Gasteiger partial charge in [0.1, 0.15) is 11.5 Å². The molecule has 0 saturated carbocycles. The molecule has 0 unspecified atom stereocenters. The lowest BCUT2D eigenvalue weighted by Crippen LogP contribution is -2.12. The zero-order valence-electron chi connectivity index (χ0n) is 10.4. The molecule has 1 aromatic carbocycles. The third-order valence-electron chi connectivity index (χ3n) is 2.65. The number of aryl methyl sites for hydroxylation is 2. The normalized spacial score (nSPS) is 10.6. The van der Waals surface area contributed by atoms with Gasteiger partial charge in [0, 0.05) is 6.54 Å². The number of hydrogen-bond donors (Lipinski definition) is 0. The van der Waals surface area contributed by atoms with Crippen LogP contribution < -0.4 is 0 Å². The Morgan fingerprint density at radius 3 is 2.89 bits per heavy atom. The molecule has 1 heterocycles. The van der Waals surface area contributed by atoms with Gasteiger partial charge in [-0.1, -0.05) is 18.2 Å². The van der Waals surface area contributed by atoms with Crippen molar-refractivity contribution < 1.29 is 9.18 Å². The van der Waals surface area contributed by atoms with Gasteiger partial charge in [-0.3, -0.25) is 4.79 Å². The minimum Gasteiger partial charge on any atom is -0.287 e. The second-order valence-corrected chi connectivity index (χ2v) is 4.15. The second kappa shape index (κ2) is 5.08. The van der Waals surface area contributed by atoms with Gasteiger partial charge >= 0.3 is 0 Å². The van der Waals surface area contributed by atoms with Gasteiger partial charge in [-0.15, -0.1) is 5.10 Å². The standard InChI is InChI=1S/C13H14FN3O/c1-3-6-17-12(8-15-16-17)13(18)10-5-4-9(2)7-11(10)14/h4-5,7-8H,3,6H2,1-2H3. The third-order valence-corrected chi connectivity index (χ3v) is 2.65. The summed E-state index contributed by atoms with van der Waals surface area (Å²) in [5.41, 5.74) is 1.16. The van der Waals surface area contributed by atoms with E-state index in [4.69, 9.17) is 0 Å². The van der Waals surface area contributed by atoms with Crippen LogP contribution in [0.4, 0.5) is 4.39 Å². The summed E-state index contributed by atoms with van der Waals surface area (Å²) in [4.78, 5) is 12.2. The predicted octanol–water partition coefficient (Wildman–Crippen LogP) is 2.37. The highest BCUT2D eigenvalue weighted by molar-refractivity contribution is 6.07. The fourth-order valence-electron chi connectivity index (χ4n) is 1.75. The molecule has 0 atom stereocenters. The molecule has 0 aliphatic heterocycles. The van der Waals surface area contributed by atoms with Gasteiger partial charge in [0.25, 0.3) is 0 Å². The van der Waals surface area contributed by atoms with Gasteiger partial charge in [-0.05, 0) is 31.0 Å². The van der Waals surface area contributed by atoms with Crippen molar-refractivity contribution in [2.45, 2.75) is 26.8 Å². The van der Waals surface area contributed by atoms with E-state index in [0.29, 0.717) is 12.2 Å². The Morgan fingerprint density at radius 2 is 2.22 bits per heavy atom. The van der Waals surface area contributed by atoms with Crippen LogP contribution in [0.2, 0.25) is 0 Å². The maximum atomic E-state index is 13.7. The molecule has 0 spiro atoms. The summed E-state index contributed by atoms with van der Waals surface area (Å²) in [7, 11) is 0. The average Bonchev–Trinajstić information content (AvgIpc) is 2.77. The van der Waals surface area contributed by atoms with Crippen molar-refractivity contribution in [3.8, 4) is 0 Å². The Bertz CT molecular complexity index is 577. The van der Waals surface area contributed by atoms with E-state index in [1.165, 1.54) is 23.0 Å². The van der Waals surface area contributed by atoms with E-state index >= 15 is 0 Å². The Labute approximate surface area is 104 Å². The first-order valence-electron chi connectivity index (χ1n) is 5.82. The van der Waals surface area contributed by atoms with Crippen molar-refractivity contribution in [3.63, 3.8) is 0 Å². The minimum absolute atomic E-state index is 0.0558. The molecule has 0 bridgehead atoms. The molecule has 18 heavy (non-hydrogen) atoms. The van der Waals surface area contributed by atoms with Crippen LogP contribution in [0, 0.1) is 12.7 Å². The number of ketones is 1. The van der Waals surface area contributed by atoms with Crippen LogP contribution in [0.25, 0.3) is 0 Å². The largest absolute Gasteiger partial charge is 0.287 e. The van der Waals surface area contributed by atoms with Crippen LogP contribution in [-0.4, -0.2) is 20.8 Å². The molecule has 0 aliphatic rings. The number of nitrogens with zero attached hydrogens (tertiary/aromatic N) is 3. The maximum absolute atomic E-state index is 13.7. The summed E-state index contributed by atoms with van der Waals surface area (Å²) in [6.45, 7) is 4.34. The van der Waals surface area contributed by atoms with Gasteiger partial charge in [0.05, 0.1) is 11.8 Å². The fraction of sp³-hybridized carbons (Fsp3) is 0.308. The molecule has 4 nitrogen and oxygen atoms in total.